The molecule has 3 nitrogen and oxygen atoms in total. The minimum Gasteiger partial charge on any atom is -0.493 e. The fraction of sp³-hybridized carbons (Fsp3) is 0.600. The second-order valence-electron chi connectivity index (χ2n) is 4.82. The predicted molar refractivity (Wildman–Crippen MR) is 77.2 cm³/mol. The van der Waals surface area contributed by atoms with Gasteiger partial charge in [-0.15, -0.1) is 0 Å². The van der Waals surface area contributed by atoms with E-state index in [-0.39, 0.29) is 0 Å². The molecule has 1 atom stereocenters. The van der Waals surface area contributed by atoms with Crippen LogP contribution in [0.5, 0.6) is 5.75 Å². The van der Waals surface area contributed by atoms with Crippen LogP contribution in [0, 0.1) is 0 Å². The van der Waals surface area contributed by atoms with Gasteiger partial charge in [0.15, 0.2) is 0 Å². The van der Waals surface area contributed by atoms with Crippen molar-refractivity contribution < 1.29 is 4.74 Å². The van der Waals surface area contributed by atoms with Crippen molar-refractivity contribution in [3.05, 3.63) is 29.8 Å². The molecular weight excluding hydrogens is 224 g/mol. The molecule has 1 aromatic carbocycles. The molecule has 18 heavy (non-hydrogen) atoms. The van der Waals surface area contributed by atoms with Gasteiger partial charge >= 0.3 is 0 Å². The van der Waals surface area contributed by atoms with Gasteiger partial charge in [-0.3, -0.25) is 0 Å². The molecule has 3 heteroatoms. The topological polar surface area (TPSA) is 24.5 Å². The lowest BCUT2D eigenvalue weighted by atomic mass is 10.0. The number of nitrogens with one attached hydrogen (secondary N) is 1. The molecule has 0 bridgehead atoms. The summed E-state index contributed by atoms with van der Waals surface area (Å²) in [7, 11) is 6.22. The molecular formula is C15H26N2O. The third-order valence-corrected chi connectivity index (χ3v) is 2.97. The Hall–Kier alpha value is -1.06. The van der Waals surface area contributed by atoms with Crippen LogP contribution in [-0.4, -0.2) is 39.2 Å². The van der Waals surface area contributed by atoms with Crippen LogP contribution in [0.3, 0.4) is 0 Å². The Kier molecular flexibility index (Phi) is 6.76. The summed E-state index contributed by atoms with van der Waals surface area (Å²) in [6.45, 7) is 3.97. The number of ether oxygens (including phenoxy) is 1. The third kappa shape index (κ3) is 4.67. The molecule has 1 rings (SSSR count). The van der Waals surface area contributed by atoms with E-state index < -0.39 is 0 Å². The summed E-state index contributed by atoms with van der Waals surface area (Å²) in [5, 5.41) is 3.38. The molecule has 1 N–H and O–H groups in total. The molecule has 0 radical (unpaired) electrons. The van der Waals surface area contributed by atoms with E-state index in [9.17, 15) is 0 Å². The molecule has 0 amide bonds. The summed E-state index contributed by atoms with van der Waals surface area (Å²) in [5.74, 6) is 1.01. The van der Waals surface area contributed by atoms with Gasteiger partial charge in [-0.25, -0.2) is 0 Å². The predicted octanol–water partition coefficient (Wildman–Crippen LogP) is 2.69. The summed E-state index contributed by atoms with van der Waals surface area (Å²) in [5.41, 5.74) is 1.26. The van der Waals surface area contributed by atoms with Crippen LogP contribution in [0.4, 0.5) is 0 Å². The van der Waals surface area contributed by atoms with Crippen LogP contribution in [0.1, 0.15) is 31.4 Å². The van der Waals surface area contributed by atoms with Crippen molar-refractivity contribution in [1.82, 2.24) is 10.2 Å². The second-order valence-corrected chi connectivity index (χ2v) is 4.82. The zero-order valence-corrected chi connectivity index (χ0v) is 12.1. The molecule has 0 fully saturated rings. The maximum Gasteiger partial charge on any atom is 0.124 e. The molecule has 0 aliphatic heterocycles. The van der Waals surface area contributed by atoms with Gasteiger partial charge in [0.05, 0.1) is 6.61 Å². The van der Waals surface area contributed by atoms with Gasteiger partial charge in [0.25, 0.3) is 0 Å². The van der Waals surface area contributed by atoms with E-state index in [4.69, 9.17) is 4.74 Å². The monoisotopic (exact) mass is 250 g/mol. The number of benzene rings is 1. The molecule has 102 valence electrons. The average Bonchev–Trinajstić information content (AvgIpc) is 2.38. The first-order chi connectivity index (χ1) is 8.69. The van der Waals surface area contributed by atoms with Crippen molar-refractivity contribution in [3.63, 3.8) is 0 Å². The van der Waals surface area contributed by atoms with E-state index in [1.165, 1.54) is 5.56 Å². The molecule has 0 aliphatic carbocycles. The van der Waals surface area contributed by atoms with Gasteiger partial charge in [-0.2, -0.15) is 0 Å². The molecule has 0 spiro atoms. The highest BCUT2D eigenvalue weighted by atomic mass is 16.5. The highest BCUT2D eigenvalue weighted by Gasteiger charge is 2.14. The Morgan fingerprint density at radius 1 is 1.28 bits per heavy atom. The van der Waals surface area contributed by atoms with Crippen molar-refractivity contribution in [2.24, 2.45) is 0 Å². The lowest BCUT2D eigenvalue weighted by Crippen LogP contribution is -2.23. The zero-order valence-electron chi connectivity index (χ0n) is 12.1. The first kappa shape index (κ1) is 15.0. The maximum atomic E-state index is 5.82. The minimum absolute atomic E-state index is 0.348. The largest absolute Gasteiger partial charge is 0.493 e. The standard InChI is InChI=1S/C15H26N2O/c1-5-12-18-15-9-7-6-8-13(15)14(16-2)10-11-17(3)4/h6-9,14,16H,5,10-12H2,1-4H3. The number of hydrogen-bond acceptors (Lipinski definition) is 3. The van der Waals surface area contributed by atoms with E-state index in [2.05, 4.69) is 49.4 Å². The van der Waals surface area contributed by atoms with Crippen molar-refractivity contribution in [1.29, 1.82) is 0 Å². The summed E-state index contributed by atoms with van der Waals surface area (Å²) >= 11 is 0. The van der Waals surface area contributed by atoms with Gasteiger partial charge in [-0.1, -0.05) is 25.1 Å². The first-order valence-corrected chi connectivity index (χ1v) is 6.72. The van der Waals surface area contributed by atoms with Gasteiger partial charge in [0, 0.05) is 11.6 Å². The van der Waals surface area contributed by atoms with Crippen molar-refractivity contribution in [3.8, 4) is 5.75 Å². The Labute approximate surface area is 111 Å². The summed E-state index contributed by atoms with van der Waals surface area (Å²) in [6, 6.07) is 8.68. The van der Waals surface area contributed by atoms with Gasteiger partial charge in [0.1, 0.15) is 5.75 Å². The molecule has 0 aromatic heterocycles. The van der Waals surface area contributed by atoms with E-state index in [0.29, 0.717) is 6.04 Å². The van der Waals surface area contributed by atoms with E-state index in [1.807, 2.05) is 13.1 Å². The minimum atomic E-state index is 0.348. The number of hydrogen-bond donors (Lipinski definition) is 1. The molecule has 1 aromatic rings. The normalized spacial score (nSPS) is 12.7. The number of nitrogens with zero attached hydrogens (tertiary/aromatic N) is 1. The highest BCUT2D eigenvalue weighted by molar-refractivity contribution is 5.36. The number of rotatable bonds is 8. The zero-order chi connectivity index (χ0) is 13.4. The van der Waals surface area contributed by atoms with Crippen molar-refractivity contribution in [2.75, 3.05) is 34.3 Å². The lowest BCUT2D eigenvalue weighted by Gasteiger charge is -2.21. The smallest absolute Gasteiger partial charge is 0.124 e. The van der Waals surface area contributed by atoms with Crippen LogP contribution >= 0.6 is 0 Å². The van der Waals surface area contributed by atoms with E-state index in [0.717, 1.165) is 31.7 Å². The molecule has 0 aliphatic rings. The first-order valence-electron chi connectivity index (χ1n) is 6.72. The third-order valence-electron chi connectivity index (χ3n) is 2.97. The Balaban J connectivity index is 2.76. The fourth-order valence-electron chi connectivity index (χ4n) is 1.95. The van der Waals surface area contributed by atoms with Gasteiger partial charge in [-0.05, 0) is 46.6 Å². The lowest BCUT2D eigenvalue weighted by molar-refractivity contribution is 0.306. The maximum absolute atomic E-state index is 5.82. The molecule has 0 saturated heterocycles. The quantitative estimate of drug-likeness (QED) is 0.767. The average molecular weight is 250 g/mol. The summed E-state index contributed by atoms with van der Waals surface area (Å²) in [4.78, 5) is 2.21. The summed E-state index contributed by atoms with van der Waals surface area (Å²) in [6.07, 6.45) is 2.12. The van der Waals surface area contributed by atoms with Gasteiger partial charge in [0.2, 0.25) is 0 Å². The Bertz CT molecular complexity index is 339. The van der Waals surface area contributed by atoms with Crippen LogP contribution in [0.25, 0.3) is 0 Å². The van der Waals surface area contributed by atoms with E-state index >= 15 is 0 Å². The second kappa shape index (κ2) is 8.11. The Morgan fingerprint density at radius 3 is 2.61 bits per heavy atom. The van der Waals surface area contributed by atoms with Crippen LogP contribution in [-0.2, 0) is 0 Å². The molecule has 1 unspecified atom stereocenters. The van der Waals surface area contributed by atoms with Crippen LogP contribution < -0.4 is 10.1 Å². The fourth-order valence-corrected chi connectivity index (χ4v) is 1.95. The molecule has 0 heterocycles. The number of para-hydroxylation sites is 1. The molecule has 0 saturated carbocycles. The van der Waals surface area contributed by atoms with E-state index in [1.54, 1.807) is 0 Å². The highest BCUT2D eigenvalue weighted by Crippen LogP contribution is 2.27. The van der Waals surface area contributed by atoms with Crippen LogP contribution in [0.15, 0.2) is 24.3 Å². The SMILES string of the molecule is CCCOc1ccccc1C(CCN(C)C)NC. The summed E-state index contributed by atoms with van der Waals surface area (Å²) < 4.78 is 5.82. The Morgan fingerprint density at radius 2 is 2.00 bits per heavy atom. The van der Waals surface area contributed by atoms with Crippen molar-refractivity contribution in [2.45, 2.75) is 25.8 Å². The van der Waals surface area contributed by atoms with Crippen LogP contribution in [0.2, 0.25) is 0 Å². The van der Waals surface area contributed by atoms with Crippen molar-refractivity contribution >= 4 is 0 Å². The van der Waals surface area contributed by atoms with Gasteiger partial charge < -0.3 is 15.0 Å².